The first kappa shape index (κ1) is 11.9. The predicted molar refractivity (Wildman–Crippen MR) is 64.6 cm³/mol. The quantitative estimate of drug-likeness (QED) is 0.895. The molecular weight excluding hydrogens is 242 g/mol. The Labute approximate surface area is 104 Å². The van der Waals surface area contributed by atoms with Gasteiger partial charge in [0.2, 0.25) is 0 Å². The van der Waals surface area contributed by atoms with Crippen molar-refractivity contribution in [2.75, 3.05) is 6.61 Å². The molecule has 90 valence electrons. The molecule has 2 rings (SSSR count). The fraction of sp³-hybridized carbons (Fsp3) is 0.333. The molecule has 1 unspecified atom stereocenters. The maximum absolute atomic E-state index is 10.5. The van der Waals surface area contributed by atoms with Crippen LogP contribution in [0.15, 0.2) is 29.3 Å². The number of nitrogens with zero attached hydrogens (tertiary/aromatic N) is 1. The highest BCUT2D eigenvalue weighted by molar-refractivity contribution is 6.31. The van der Waals surface area contributed by atoms with E-state index in [1.807, 2.05) is 18.2 Å². The van der Waals surface area contributed by atoms with Gasteiger partial charge in [0.15, 0.2) is 5.90 Å². The Morgan fingerprint density at radius 2 is 2.29 bits per heavy atom. The molecule has 0 fully saturated rings. The number of halogens is 1. The average molecular weight is 254 g/mol. The molecule has 4 nitrogen and oxygen atoms in total. The van der Waals surface area contributed by atoms with Crippen LogP contribution in [-0.2, 0) is 16.0 Å². The van der Waals surface area contributed by atoms with Gasteiger partial charge in [0, 0.05) is 11.4 Å². The molecule has 1 aliphatic heterocycles. The molecule has 1 atom stereocenters. The summed E-state index contributed by atoms with van der Waals surface area (Å²) in [5, 5.41) is 9.32. The van der Waals surface area contributed by atoms with E-state index in [1.54, 1.807) is 6.07 Å². The smallest absolute Gasteiger partial charge is 0.305 e. The molecule has 0 saturated heterocycles. The summed E-state index contributed by atoms with van der Waals surface area (Å²) in [4.78, 5) is 14.7. The van der Waals surface area contributed by atoms with Crippen molar-refractivity contribution in [3.8, 4) is 0 Å². The van der Waals surface area contributed by atoms with Crippen molar-refractivity contribution in [2.45, 2.75) is 18.9 Å². The monoisotopic (exact) mass is 253 g/mol. The van der Waals surface area contributed by atoms with E-state index in [4.69, 9.17) is 21.4 Å². The van der Waals surface area contributed by atoms with Crippen LogP contribution in [0.1, 0.15) is 12.0 Å². The van der Waals surface area contributed by atoms with Crippen molar-refractivity contribution >= 4 is 23.5 Å². The predicted octanol–water partition coefficient (Wildman–Crippen LogP) is 2.15. The van der Waals surface area contributed by atoms with Gasteiger partial charge in [-0.2, -0.15) is 0 Å². The number of carboxylic acid groups (broad SMARTS) is 1. The van der Waals surface area contributed by atoms with E-state index in [0.717, 1.165) is 5.56 Å². The first-order chi connectivity index (χ1) is 8.15. The SMILES string of the molecule is O=C(O)CC1COC(Cc2ccccc2Cl)=N1. The lowest BCUT2D eigenvalue weighted by Gasteiger charge is -2.03. The van der Waals surface area contributed by atoms with Gasteiger partial charge >= 0.3 is 5.97 Å². The van der Waals surface area contributed by atoms with Gasteiger partial charge in [-0.15, -0.1) is 0 Å². The molecule has 0 bridgehead atoms. The Bertz CT molecular complexity index is 459. The number of benzene rings is 1. The zero-order valence-electron chi connectivity index (χ0n) is 9.10. The molecule has 1 aromatic carbocycles. The van der Waals surface area contributed by atoms with Gasteiger partial charge in [0.25, 0.3) is 0 Å². The van der Waals surface area contributed by atoms with Crippen LogP contribution in [0.4, 0.5) is 0 Å². The van der Waals surface area contributed by atoms with Crippen molar-refractivity contribution in [1.29, 1.82) is 0 Å². The summed E-state index contributed by atoms with van der Waals surface area (Å²) in [6.45, 7) is 0.339. The van der Waals surface area contributed by atoms with Crippen LogP contribution in [0.3, 0.4) is 0 Å². The molecule has 0 aromatic heterocycles. The number of aliphatic carboxylic acids is 1. The van der Waals surface area contributed by atoms with Gasteiger partial charge < -0.3 is 9.84 Å². The summed E-state index contributed by atoms with van der Waals surface area (Å²) in [6.07, 6.45) is 0.516. The van der Waals surface area contributed by atoms with E-state index >= 15 is 0 Å². The van der Waals surface area contributed by atoms with E-state index in [-0.39, 0.29) is 12.5 Å². The summed E-state index contributed by atoms with van der Waals surface area (Å²) in [7, 11) is 0. The van der Waals surface area contributed by atoms with Crippen molar-refractivity contribution < 1.29 is 14.6 Å². The van der Waals surface area contributed by atoms with E-state index in [0.29, 0.717) is 23.9 Å². The molecule has 0 spiro atoms. The maximum Gasteiger partial charge on any atom is 0.305 e. The molecule has 1 aliphatic rings. The van der Waals surface area contributed by atoms with Gasteiger partial charge in [0.1, 0.15) is 6.61 Å². The number of carbonyl (C=O) groups is 1. The third-order valence-corrected chi connectivity index (χ3v) is 2.85. The van der Waals surface area contributed by atoms with Gasteiger partial charge in [0.05, 0.1) is 12.5 Å². The summed E-state index contributed by atoms with van der Waals surface area (Å²) >= 11 is 6.02. The highest BCUT2D eigenvalue weighted by Gasteiger charge is 2.21. The Balaban J connectivity index is 2.01. The van der Waals surface area contributed by atoms with Crippen LogP contribution in [-0.4, -0.2) is 29.6 Å². The number of aliphatic imine (C=N–C) groups is 1. The maximum atomic E-state index is 10.5. The molecule has 0 radical (unpaired) electrons. The second-order valence-corrected chi connectivity index (χ2v) is 4.26. The minimum Gasteiger partial charge on any atom is -0.481 e. The van der Waals surface area contributed by atoms with Crippen LogP contribution in [0, 0.1) is 0 Å². The van der Waals surface area contributed by atoms with Crippen molar-refractivity contribution in [3.05, 3.63) is 34.9 Å². The molecule has 17 heavy (non-hydrogen) atoms. The molecular formula is C12H12ClNO3. The number of carboxylic acids is 1. The Morgan fingerprint density at radius 3 is 3.00 bits per heavy atom. The molecule has 0 saturated carbocycles. The van der Waals surface area contributed by atoms with Crippen molar-refractivity contribution in [2.24, 2.45) is 4.99 Å². The van der Waals surface area contributed by atoms with Crippen molar-refractivity contribution in [1.82, 2.24) is 0 Å². The molecule has 0 amide bonds. The number of hydrogen-bond donors (Lipinski definition) is 1. The minimum atomic E-state index is -0.860. The van der Waals surface area contributed by atoms with Gasteiger partial charge in [-0.25, -0.2) is 4.99 Å². The number of hydrogen-bond acceptors (Lipinski definition) is 3. The lowest BCUT2D eigenvalue weighted by atomic mass is 10.1. The second kappa shape index (κ2) is 5.19. The van der Waals surface area contributed by atoms with Crippen LogP contribution in [0.5, 0.6) is 0 Å². The zero-order valence-corrected chi connectivity index (χ0v) is 9.85. The van der Waals surface area contributed by atoms with Gasteiger partial charge in [-0.05, 0) is 11.6 Å². The third kappa shape index (κ3) is 3.20. The topological polar surface area (TPSA) is 58.9 Å². The number of ether oxygens (including phenoxy) is 1. The largest absolute Gasteiger partial charge is 0.481 e. The van der Waals surface area contributed by atoms with Gasteiger partial charge in [-0.1, -0.05) is 29.8 Å². The summed E-state index contributed by atoms with van der Waals surface area (Å²) < 4.78 is 5.35. The van der Waals surface area contributed by atoms with Gasteiger partial charge in [-0.3, -0.25) is 4.79 Å². The van der Waals surface area contributed by atoms with E-state index in [2.05, 4.69) is 4.99 Å². The van der Waals surface area contributed by atoms with Crippen molar-refractivity contribution in [3.63, 3.8) is 0 Å². The normalized spacial score (nSPS) is 18.6. The van der Waals surface area contributed by atoms with E-state index < -0.39 is 5.97 Å². The Kier molecular flexibility index (Phi) is 3.64. The zero-order chi connectivity index (χ0) is 12.3. The van der Waals surface area contributed by atoms with Crippen LogP contribution in [0.25, 0.3) is 0 Å². The third-order valence-electron chi connectivity index (χ3n) is 2.48. The van der Waals surface area contributed by atoms with E-state index in [1.165, 1.54) is 0 Å². The first-order valence-corrected chi connectivity index (χ1v) is 5.67. The van der Waals surface area contributed by atoms with E-state index in [9.17, 15) is 4.79 Å². The van der Waals surface area contributed by atoms with Crippen LogP contribution < -0.4 is 0 Å². The highest BCUT2D eigenvalue weighted by Crippen LogP contribution is 2.18. The second-order valence-electron chi connectivity index (χ2n) is 3.85. The molecule has 1 N–H and O–H groups in total. The van der Waals surface area contributed by atoms with Crippen LogP contribution in [0.2, 0.25) is 5.02 Å². The van der Waals surface area contributed by atoms with Crippen LogP contribution >= 0.6 is 11.6 Å². The molecule has 1 heterocycles. The Morgan fingerprint density at radius 1 is 1.53 bits per heavy atom. The fourth-order valence-electron chi connectivity index (χ4n) is 1.68. The molecule has 1 aromatic rings. The Hall–Kier alpha value is -1.55. The fourth-order valence-corrected chi connectivity index (χ4v) is 1.88. The molecule has 5 heteroatoms. The molecule has 0 aliphatic carbocycles. The minimum absolute atomic E-state index is 0.00597. The lowest BCUT2D eigenvalue weighted by Crippen LogP contribution is -2.12. The number of rotatable bonds is 4. The standard InChI is InChI=1S/C12H12ClNO3/c13-10-4-2-1-3-8(10)5-11-14-9(7-17-11)6-12(15)16/h1-4,9H,5-7H2,(H,15,16). The summed E-state index contributed by atoms with van der Waals surface area (Å²) in [6, 6.07) is 7.19. The summed E-state index contributed by atoms with van der Waals surface area (Å²) in [5.74, 6) is -0.300. The first-order valence-electron chi connectivity index (χ1n) is 5.30. The summed E-state index contributed by atoms with van der Waals surface area (Å²) in [5.41, 5.74) is 0.934. The highest BCUT2D eigenvalue weighted by atomic mass is 35.5. The average Bonchev–Trinajstić information content (AvgIpc) is 2.68. The lowest BCUT2D eigenvalue weighted by molar-refractivity contribution is -0.137.